The fourth-order valence-electron chi connectivity index (χ4n) is 3.24. The van der Waals surface area contributed by atoms with E-state index in [4.69, 9.17) is 21.1 Å². The lowest BCUT2D eigenvalue weighted by Crippen LogP contribution is -2.36. The molecule has 35 heavy (non-hydrogen) atoms. The average Bonchev–Trinajstić information content (AvgIpc) is 2.81. The van der Waals surface area contributed by atoms with Gasteiger partial charge < -0.3 is 14.8 Å². The lowest BCUT2D eigenvalue weighted by Gasteiger charge is -2.23. The maximum Gasteiger partial charge on any atom is 0.416 e. The summed E-state index contributed by atoms with van der Waals surface area (Å²) < 4.78 is 50.0. The number of para-hydroxylation sites is 1. The Balaban J connectivity index is 1.74. The summed E-state index contributed by atoms with van der Waals surface area (Å²) in [5, 5.41) is 12.4. The third-order valence-corrected chi connectivity index (χ3v) is 5.41. The lowest BCUT2D eigenvalue weighted by atomic mass is 10.0. The molecule has 1 atom stereocenters. The monoisotopic (exact) mass is 502 g/mol. The van der Waals surface area contributed by atoms with Crippen molar-refractivity contribution < 1.29 is 27.4 Å². The molecular formula is C26H22ClF3N2O3. The fourth-order valence-corrected chi connectivity index (χ4v) is 3.47. The fraction of sp³-hybridized carbons (Fsp3) is 0.231. The predicted octanol–water partition coefficient (Wildman–Crippen LogP) is 7.20. The number of nitrogens with one attached hydrogen (secondary N) is 1. The summed E-state index contributed by atoms with van der Waals surface area (Å²) in [6.45, 7) is 3.32. The van der Waals surface area contributed by atoms with Gasteiger partial charge in [-0.25, -0.2) is 4.79 Å². The minimum Gasteiger partial charge on any atom is -0.459 e. The number of benzene rings is 3. The predicted molar refractivity (Wildman–Crippen MR) is 126 cm³/mol. The Hall–Kier alpha value is -3.70. The molecule has 0 fully saturated rings. The van der Waals surface area contributed by atoms with Gasteiger partial charge in [0.05, 0.1) is 16.3 Å². The van der Waals surface area contributed by atoms with Crippen molar-refractivity contribution in [1.82, 2.24) is 0 Å². The van der Waals surface area contributed by atoms with Gasteiger partial charge in [-0.05, 0) is 42.3 Å². The zero-order valence-corrected chi connectivity index (χ0v) is 19.7. The van der Waals surface area contributed by atoms with Crippen molar-refractivity contribution in [3.05, 3.63) is 88.4 Å². The van der Waals surface area contributed by atoms with E-state index < -0.39 is 23.8 Å². The molecule has 0 saturated carbocycles. The molecule has 0 amide bonds. The number of esters is 1. The Labute approximate surface area is 206 Å². The highest BCUT2D eigenvalue weighted by Crippen LogP contribution is 2.34. The van der Waals surface area contributed by atoms with Gasteiger partial charge in [0.25, 0.3) is 0 Å². The van der Waals surface area contributed by atoms with Gasteiger partial charge in [0, 0.05) is 5.56 Å². The van der Waals surface area contributed by atoms with Crippen LogP contribution in [0.5, 0.6) is 11.5 Å². The van der Waals surface area contributed by atoms with E-state index in [9.17, 15) is 23.2 Å². The van der Waals surface area contributed by atoms with E-state index in [0.717, 1.165) is 12.1 Å². The van der Waals surface area contributed by atoms with Crippen LogP contribution in [0.3, 0.4) is 0 Å². The van der Waals surface area contributed by atoms with Crippen molar-refractivity contribution in [3.63, 3.8) is 0 Å². The van der Waals surface area contributed by atoms with Gasteiger partial charge in [0.2, 0.25) is 0 Å². The van der Waals surface area contributed by atoms with E-state index >= 15 is 0 Å². The van der Waals surface area contributed by atoms with E-state index in [2.05, 4.69) is 11.4 Å². The Morgan fingerprint density at radius 3 is 2.40 bits per heavy atom. The van der Waals surface area contributed by atoms with Crippen molar-refractivity contribution in [1.29, 1.82) is 5.26 Å². The summed E-state index contributed by atoms with van der Waals surface area (Å²) in [5.41, 5.74) is -0.0435. The SMILES string of the molecule is CC(C)C(Nc1ccc(C(F)(F)F)cc1Cl)C(=O)OCc1cccc(Oc2ccccc2)c1C#N. The van der Waals surface area contributed by atoms with Gasteiger partial charge >= 0.3 is 12.1 Å². The number of nitrogens with zero attached hydrogens (tertiary/aromatic N) is 1. The van der Waals surface area contributed by atoms with E-state index in [0.29, 0.717) is 17.1 Å². The Morgan fingerprint density at radius 2 is 1.80 bits per heavy atom. The van der Waals surface area contributed by atoms with Gasteiger partial charge in [-0.15, -0.1) is 0 Å². The number of hydrogen-bond acceptors (Lipinski definition) is 5. The second-order valence-corrected chi connectivity index (χ2v) is 8.39. The highest BCUT2D eigenvalue weighted by Gasteiger charge is 2.31. The van der Waals surface area contributed by atoms with Crippen LogP contribution >= 0.6 is 11.6 Å². The number of alkyl halides is 3. The first-order valence-corrected chi connectivity index (χ1v) is 11.0. The summed E-state index contributed by atoms with van der Waals surface area (Å²) in [6, 6.07) is 18.0. The largest absolute Gasteiger partial charge is 0.459 e. The topological polar surface area (TPSA) is 71.3 Å². The van der Waals surface area contributed by atoms with Gasteiger partial charge in [0.15, 0.2) is 0 Å². The highest BCUT2D eigenvalue weighted by molar-refractivity contribution is 6.33. The normalized spacial score (nSPS) is 12.1. The summed E-state index contributed by atoms with van der Waals surface area (Å²) >= 11 is 6.02. The lowest BCUT2D eigenvalue weighted by molar-refractivity contribution is -0.147. The molecule has 0 heterocycles. The zero-order chi connectivity index (χ0) is 25.6. The number of carbonyl (C=O) groups excluding carboxylic acids is 1. The molecule has 1 unspecified atom stereocenters. The summed E-state index contributed by atoms with van der Waals surface area (Å²) in [4.78, 5) is 12.9. The Bertz CT molecular complexity index is 1220. The van der Waals surface area contributed by atoms with Crippen LogP contribution in [0.2, 0.25) is 5.02 Å². The van der Waals surface area contributed by atoms with Crippen molar-refractivity contribution in [2.75, 3.05) is 5.32 Å². The minimum absolute atomic E-state index is 0.171. The zero-order valence-electron chi connectivity index (χ0n) is 18.9. The molecule has 0 saturated heterocycles. The standard InChI is InChI=1S/C26H22ClF3N2O3/c1-16(2)24(32-22-12-11-18(13-21(22)27)26(28,29)30)25(33)34-15-17-7-6-10-23(20(17)14-31)35-19-8-4-3-5-9-19/h3-13,16,24,32H,15H2,1-2H3. The summed E-state index contributed by atoms with van der Waals surface area (Å²) in [7, 11) is 0. The Kier molecular flexibility index (Phi) is 8.26. The van der Waals surface area contributed by atoms with Crippen molar-refractivity contribution in [2.45, 2.75) is 32.7 Å². The number of carbonyl (C=O) groups is 1. The molecule has 5 nitrogen and oxygen atoms in total. The second-order valence-electron chi connectivity index (χ2n) is 7.98. The molecule has 0 aliphatic rings. The van der Waals surface area contributed by atoms with Crippen LogP contribution in [0, 0.1) is 17.2 Å². The highest BCUT2D eigenvalue weighted by atomic mass is 35.5. The molecule has 0 bridgehead atoms. The molecule has 9 heteroatoms. The minimum atomic E-state index is -4.53. The first-order valence-electron chi connectivity index (χ1n) is 10.6. The first-order chi connectivity index (χ1) is 16.6. The number of anilines is 1. The molecule has 0 spiro atoms. The van der Waals surface area contributed by atoms with Crippen LogP contribution in [-0.4, -0.2) is 12.0 Å². The quantitative estimate of drug-likeness (QED) is 0.330. The number of ether oxygens (including phenoxy) is 2. The van der Waals surface area contributed by atoms with Crippen molar-refractivity contribution in [2.24, 2.45) is 5.92 Å². The van der Waals surface area contributed by atoms with Crippen LogP contribution in [0.15, 0.2) is 66.7 Å². The van der Waals surface area contributed by atoms with E-state index in [1.807, 2.05) is 6.07 Å². The first kappa shape index (κ1) is 25.9. The molecule has 3 rings (SSSR count). The van der Waals surface area contributed by atoms with Crippen LogP contribution in [0.1, 0.15) is 30.5 Å². The van der Waals surface area contributed by atoms with Crippen molar-refractivity contribution in [3.8, 4) is 17.6 Å². The molecule has 182 valence electrons. The molecule has 0 aromatic heterocycles. The molecule has 3 aromatic carbocycles. The molecule has 0 aliphatic carbocycles. The smallest absolute Gasteiger partial charge is 0.416 e. The number of halogens is 4. The molecule has 0 radical (unpaired) electrons. The van der Waals surface area contributed by atoms with Crippen LogP contribution in [0.4, 0.5) is 18.9 Å². The molecule has 3 aromatic rings. The van der Waals surface area contributed by atoms with Gasteiger partial charge in [-0.1, -0.05) is 55.8 Å². The summed E-state index contributed by atoms with van der Waals surface area (Å²) in [5.74, 6) is -0.0452. The maximum absolute atomic E-state index is 12.9. The van der Waals surface area contributed by atoms with Gasteiger partial charge in [-0.3, -0.25) is 0 Å². The van der Waals surface area contributed by atoms with Crippen LogP contribution in [0.25, 0.3) is 0 Å². The van der Waals surface area contributed by atoms with Gasteiger partial charge in [0.1, 0.15) is 35.8 Å². The molecule has 0 aliphatic heterocycles. The van der Waals surface area contributed by atoms with E-state index in [1.165, 1.54) is 6.07 Å². The molecule has 1 N–H and O–H groups in total. The average molecular weight is 503 g/mol. The maximum atomic E-state index is 12.9. The number of nitriles is 1. The van der Waals surface area contributed by atoms with Crippen molar-refractivity contribution >= 4 is 23.3 Å². The number of rotatable bonds is 8. The van der Waals surface area contributed by atoms with Crippen LogP contribution < -0.4 is 10.1 Å². The van der Waals surface area contributed by atoms with E-state index in [1.54, 1.807) is 56.3 Å². The van der Waals surface area contributed by atoms with Crippen LogP contribution in [-0.2, 0) is 22.3 Å². The third-order valence-electron chi connectivity index (χ3n) is 5.09. The van der Waals surface area contributed by atoms with E-state index in [-0.39, 0.29) is 28.8 Å². The molecular weight excluding hydrogens is 481 g/mol. The van der Waals surface area contributed by atoms with Gasteiger partial charge in [-0.2, -0.15) is 18.4 Å². The number of hydrogen-bond donors (Lipinski definition) is 1. The third kappa shape index (κ3) is 6.67. The summed E-state index contributed by atoms with van der Waals surface area (Å²) in [6.07, 6.45) is -4.53. The Morgan fingerprint density at radius 1 is 1.09 bits per heavy atom. The second kappa shape index (κ2) is 11.2.